The number of hydrazone groups is 1. The van der Waals surface area contributed by atoms with E-state index in [0.717, 1.165) is 42.3 Å². The van der Waals surface area contributed by atoms with Gasteiger partial charge in [-0.1, -0.05) is 44.4 Å². The number of rotatable bonds is 12. The fourth-order valence-electron chi connectivity index (χ4n) is 3.58. The van der Waals surface area contributed by atoms with Crippen LogP contribution in [0, 0.1) is 0 Å². The van der Waals surface area contributed by atoms with Crippen LogP contribution in [0.25, 0.3) is 10.1 Å². The number of carbonyl (C=O) groups is 2. The van der Waals surface area contributed by atoms with E-state index >= 15 is 0 Å². The summed E-state index contributed by atoms with van der Waals surface area (Å²) in [4.78, 5) is 24.9. The predicted molar refractivity (Wildman–Crippen MR) is 137 cm³/mol. The second kappa shape index (κ2) is 12.7. The van der Waals surface area contributed by atoms with Crippen molar-refractivity contribution in [2.45, 2.75) is 39.0 Å². The molecule has 0 bridgehead atoms. The van der Waals surface area contributed by atoms with E-state index in [2.05, 4.69) is 40.3 Å². The van der Waals surface area contributed by atoms with Crippen molar-refractivity contribution in [3.05, 3.63) is 59.0 Å². The highest BCUT2D eigenvalue weighted by atomic mass is 32.1. The number of benzene rings is 2. The first kappa shape index (κ1) is 25.2. The molecule has 0 spiro atoms. The summed E-state index contributed by atoms with van der Waals surface area (Å²) in [6.45, 7) is 1.99. The Morgan fingerprint density at radius 2 is 1.79 bits per heavy atom. The second-order valence-electron chi connectivity index (χ2n) is 7.80. The number of methoxy groups -OCH3 is 2. The van der Waals surface area contributed by atoms with Gasteiger partial charge in [-0.2, -0.15) is 5.10 Å². The van der Waals surface area contributed by atoms with Crippen molar-refractivity contribution in [3.8, 4) is 11.5 Å². The molecule has 1 aromatic heterocycles. The molecule has 0 saturated carbocycles. The molecule has 0 saturated heterocycles. The van der Waals surface area contributed by atoms with Crippen LogP contribution in [0.5, 0.6) is 11.5 Å². The molecule has 2 N–H and O–H groups in total. The molecule has 0 radical (unpaired) electrons. The zero-order valence-electron chi connectivity index (χ0n) is 19.8. The van der Waals surface area contributed by atoms with Gasteiger partial charge in [-0.3, -0.25) is 9.59 Å². The summed E-state index contributed by atoms with van der Waals surface area (Å²) in [5.41, 5.74) is 4.89. The maximum absolute atomic E-state index is 12.5. The lowest BCUT2D eigenvalue weighted by Crippen LogP contribution is -2.35. The molecule has 7 nitrogen and oxygen atoms in total. The highest BCUT2D eigenvalue weighted by molar-refractivity contribution is 7.17. The SMILES string of the molecule is CCCCCCC(=NNC(=O)CNC(=O)c1ccc(OC)c(OC)c1)c1csc2ccccc12. The Balaban J connectivity index is 1.65. The number of hydrogen-bond donors (Lipinski definition) is 2. The Morgan fingerprint density at radius 3 is 2.56 bits per heavy atom. The van der Waals surface area contributed by atoms with Crippen LogP contribution in [-0.2, 0) is 4.79 Å². The number of amides is 2. The van der Waals surface area contributed by atoms with Crippen molar-refractivity contribution in [2.75, 3.05) is 20.8 Å². The van der Waals surface area contributed by atoms with Gasteiger partial charge in [-0.05, 0) is 37.1 Å². The lowest BCUT2D eigenvalue weighted by Gasteiger charge is -2.10. The van der Waals surface area contributed by atoms with Gasteiger partial charge < -0.3 is 14.8 Å². The van der Waals surface area contributed by atoms with Crippen LogP contribution >= 0.6 is 11.3 Å². The smallest absolute Gasteiger partial charge is 0.259 e. The molecule has 0 aliphatic heterocycles. The van der Waals surface area contributed by atoms with E-state index in [1.807, 2.05) is 12.1 Å². The minimum atomic E-state index is -0.389. The molecule has 2 amide bonds. The summed E-state index contributed by atoms with van der Waals surface area (Å²) in [5, 5.41) is 10.3. The van der Waals surface area contributed by atoms with E-state index in [1.54, 1.807) is 29.5 Å². The molecule has 0 fully saturated rings. The van der Waals surface area contributed by atoms with E-state index in [-0.39, 0.29) is 18.4 Å². The number of hydrogen-bond acceptors (Lipinski definition) is 6. The molecule has 0 aliphatic rings. The minimum absolute atomic E-state index is 0.190. The molecule has 2 aromatic carbocycles. The molecule has 0 aliphatic carbocycles. The van der Waals surface area contributed by atoms with Crippen molar-refractivity contribution < 1.29 is 19.1 Å². The lowest BCUT2D eigenvalue weighted by atomic mass is 10.0. The zero-order valence-corrected chi connectivity index (χ0v) is 20.7. The number of fused-ring (bicyclic) bond motifs is 1. The summed E-state index contributed by atoms with van der Waals surface area (Å²) in [7, 11) is 3.03. The lowest BCUT2D eigenvalue weighted by molar-refractivity contribution is -0.120. The highest BCUT2D eigenvalue weighted by Gasteiger charge is 2.14. The largest absolute Gasteiger partial charge is 0.493 e. The molecule has 34 heavy (non-hydrogen) atoms. The normalized spacial score (nSPS) is 11.3. The molecule has 180 valence electrons. The third-order valence-corrected chi connectivity index (χ3v) is 6.39. The van der Waals surface area contributed by atoms with Crippen molar-refractivity contribution in [1.29, 1.82) is 0 Å². The minimum Gasteiger partial charge on any atom is -0.493 e. The summed E-state index contributed by atoms with van der Waals surface area (Å²) in [5.74, 6) is 0.196. The van der Waals surface area contributed by atoms with Crippen molar-refractivity contribution in [1.82, 2.24) is 10.7 Å². The summed E-state index contributed by atoms with van der Waals surface area (Å²) in [6.07, 6.45) is 5.23. The fourth-order valence-corrected chi connectivity index (χ4v) is 4.55. The van der Waals surface area contributed by atoms with Gasteiger partial charge in [0.15, 0.2) is 11.5 Å². The van der Waals surface area contributed by atoms with Crippen LogP contribution < -0.4 is 20.2 Å². The zero-order chi connectivity index (χ0) is 24.3. The van der Waals surface area contributed by atoms with Gasteiger partial charge in [0.05, 0.1) is 26.5 Å². The number of nitrogens with zero attached hydrogens (tertiary/aromatic N) is 1. The third kappa shape index (κ3) is 6.57. The van der Waals surface area contributed by atoms with Crippen molar-refractivity contribution in [2.24, 2.45) is 5.10 Å². The van der Waals surface area contributed by atoms with Crippen LogP contribution in [0.3, 0.4) is 0 Å². The standard InChI is InChI=1S/C26H31N3O4S/c1-4-5-6-7-11-21(20-17-34-24-12-9-8-10-19(20)24)28-29-25(30)16-27-26(31)18-13-14-22(32-2)23(15-18)33-3/h8-10,12-15,17H,4-7,11,16H2,1-3H3,(H,27,31)(H,29,30). The molecular weight excluding hydrogens is 450 g/mol. The Kier molecular flexibility index (Phi) is 9.46. The van der Waals surface area contributed by atoms with E-state index in [4.69, 9.17) is 9.47 Å². The first-order valence-corrected chi connectivity index (χ1v) is 12.3. The van der Waals surface area contributed by atoms with Crippen LogP contribution in [0.4, 0.5) is 0 Å². The Hall–Kier alpha value is -3.39. The quantitative estimate of drug-likeness (QED) is 0.213. The Morgan fingerprint density at radius 1 is 1.00 bits per heavy atom. The number of carbonyl (C=O) groups excluding carboxylic acids is 2. The van der Waals surface area contributed by atoms with Crippen molar-refractivity contribution in [3.63, 3.8) is 0 Å². The topological polar surface area (TPSA) is 89.0 Å². The average Bonchev–Trinajstić information content (AvgIpc) is 3.30. The van der Waals surface area contributed by atoms with Crippen LogP contribution in [-0.4, -0.2) is 38.3 Å². The number of ether oxygens (including phenoxy) is 2. The maximum Gasteiger partial charge on any atom is 0.259 e. The number of unbranched alkanes of at least 4 members (excludes halogenated alkanes) is 3. The summed E-state index contributed by atoms with van der Waals surface area (Å²) >= 11 is 1.67. The van der Waals surface area contributed by atoms with Gasteiger partial charge in [0.1, 0.15) is 0 Å². The molecule has 3 aromatic rings. The molecule has 3 rings (SSSR count). The van der Waals surface area contributed by atoms with Gasteiger partial charge in [0.2, 0.25) is 0 Å². The Labute approximate surface area is 204 Å². The Bertz CT molecular complexity index is 1160. The van der Waals surface area contributed by atoms with Crippen molar-refractivity contribution >= 4 is 38.9 Å². The molecule has 8 heteroatoms. The fraction of sp³-hybridized carbons (Fsp3) is 0.346. The third-order valence-electron chi connectivity index (χ3n) is 5.43. The number of thiophene rings is 1. The first-order valence-electron chi connectivity index (χ1n) is 11.4. The first-order chi connectivity index (χ1) is 16.6. The van der Waals surface area contributed by atoms with E-state index in [1.165, 1.54) is 25.3 Å². The van der Waals surface area contributed by atoms with E-state index in [9.17, 15) is 9.59 Å². The molecular formula is C26H31N3O4S. The van der Waals surface area contributed by atoms with Crippen LogP contribution in [0.15, 0.2) is 52.9 Å². The van der Waals surface area contributed by atoms with Gasteiger partial charge >= 0.3 is 0 Å². The van der Waals surface area contributed by atoms with E-state index in [0.29, 0.717) is 17.1 Å². The number of nitrogens with one attached hydrogen (secondary N) is 2. The van der Waals surface area contributed by atoms with Crippen LogP contribution in [0.1, 0.15) is 54.9 Å². The van der Waals surface area contributed by atoms with Gasteiger partial charge in [0, 0.05) is 26.6 Å². The molecule has 1 heterocycles. The highest BCUT2D eigenvalue weighted by Crippen LogP contribution is 2.28. The van der Waals surface area contributed by atoms with Gasteiger partial charge in [-0.15, -0.1) is 11.3 Å². The summed E-state index contributed by atoms with van der Waals surface area (Å²) in [6, 6.07) is 13.0. The summed E-state index contributed by atoms with van der Waals surface area (Å²) < 4.78 is 11.6. The monoisotopic (exact) mass is 481 g/mol. The average molecular weight is 482 g/mol. The van der Waals surface area contributed by atoms with E-state index < -0.39 is 0 Å². The second-order valence-corrected chi connectivity index (χ2v) is 8.71. The maximum atomic E-state index is 12.5. The predicted octanol–water partition coefficient (Wildman–Crippen LogP) is 5.14. The van der Waals surface area contributed by atoms with Gasteiger partial charge in [-0.25, -0.2) is 5.43 Å². The molecule has 0 atom stereocenters. The molecule has 0 unspecified atom stereocenters. The van der Waals surface area contributed by atoms with Gasteiger partial charge in [0.25, 0.3) is 11.8 Å². The van der Waals surface area contributed by atoms with Crippen LogP contribution in [0.2, 0.25) is 0 Å².